The van der Waals surface area contributed by atoms with Gasteiger partial charge < -0.3 is 4.90 Å². The molecular weight excluding hydrogens is 611 g/mol. The molecular formula is C47H33NS. The van der Waals surface area contributed by atoms with E-state index in [4.69, 9.17) is 0 Å². The Labute approximate surface area is 290 Å². The summed E-state index contributed by atoms with van der Waals surface area (Å²) in [4.78, 5) is 2.48. The smallest absolute Gasteiger partial charge is 0.0540 e. The first-order valence-electron chi connectivity index (χ1n) is 17.0. The van der Waals surface area contributed by atoms with Gasteiger partial charge in [0.05, 0.1) is 5.69 Å². The lowest BCUT2D eigenvalue weighted by Gasteiger charge is -2.30. The molecule has 0 fully saturated rings. The van der Waals surface area contributed by atoms with Crippen molar-refractivity contribution in [2.75, 3.05) is 4.90 Å². The molecule has 0 saturated heterocycles. The first-order valence-corrected chi connectivity index (χ1v) is 17.8. The quantitative estimate of drug-likeness (QED) is 0.173. The second-order valence-electron chi connectivity index (χ2n) is 13.7. The highest BCUT2D eigenvalue weighted by atomic mass is 32.1. The number of anilines is 3. The molecule has 1 aromatic heterocycles. The summed E-state index contributed by atoms with van der Waals surface area (Å²) in [6, 6.07) is 60.6. The van der Waals surface area contributed by atoms with Crippen molar-refractivity contribution in [3.05, 3.63) is 175 Å². The Morgan fingerprint density at radius 2 is 1.12 bits per heavy atom. The lowest BCUT2D eigenvalue weighted by atomic mass is 9.82. The minimum absolute atomic E-state index is 0.0983. The van der Waals surface area contributed by atoms with Crippen LogP contribution in [0.5, 0.6) is 0 Å². The monoisotopic (exact) mass is 643 g/mol. The predicted octanol–water partition coefficient (Wildman–Crippen LogP) is 13.8. The molecule has 0 spiro atoms. The summed E-state index contributed by atoms with van der Waals surface area (Å²) in [6.07, 6.45) is 0. The van der Waals surface area contributed by atoms with Crippen LogP contribution < -0.4 is 4.90 Å². The molecule has 0 bridgehead atoms. The highest BCUT2D eigenvalue weighted by Gasteiger charge is 2.36. The summed E-state index contributed by atoms with van der Waals surface area (Å²) in [5, 5.41) is 7.80. The Balaban J connectivity index is 1.26. The normalized spacial score (nSPS) is 13.3. The molecule has 8 aromatic carbocycles. The van der Waals surface area contributed by atoms with Crippen molar-refractivity contribution >= 4 is 70.1 Å². The summed E-state index contributed by atoms with van der Waals surface area (Å²) in [7, 11) is 0. The fourth-order valence-corrected chi connectivity index (χ4v) is 9.51. The fraction of sp³-hybridized carbons (Fsp3) is 0.0638. The van der Waals surface area contributed by atoms with Crippen LogP contribution in [-0.2, 0) is 5.41 Å². The molecule has 1 heterocycles. The summed E-state index contributed by atoms with van der Waals surface area (Å²) >= 11 is 1.91. The Morgan fingerprint density at radius 1 is 0.469 bits per heavy atom. The number of hydrogen-bond donors (Lipinski definition) is 0. The summed E-state index contributed by atoms with van der Waals surface area (Å²) < 4.78 is 2.69. The number of para-hydroxylation sites is 1. The number of hydrogen-bond acceptors (Lipinski definition) is 2. The molecule has 0 aliphatic heterocycles. The molecule has 0 atom stereocenters. The van der Waals surface area contributed by atoms with E-state index >= 15 is 0 Å². The highest BCUT2D eigenvalue weighted by Crippen LogP contribution is 2.51. The van der Waals surface area contributed by atoms with Crippen molar-refractivity contribution < 1.29 is 0 Å². The zero-order valence-electron chi connectivity index (χ0n) is 27.4. The first-order chi connectivity index (χ1) is 24.1. The number of nitrogens with zero attached hydrogens (tertiary/aromatic N) is 1. The first kappa shape index (κ1) is 28.3. The van der Waals surface area contributed by atoms with Crippen molar-refractivity contribution in [2.24, 2.45) is 0 Å². The van der Waals surface area contributed by atoms with Crippen LogP contribution in [0.1, 0.15) is 25.0 Å². The maximum Gasteiger partial charge on any atom is 0.0540 e. The van der Waals surface area contributed by atoms with Crippen LogP contribution in [0.4, 0.5) is 17.1 Å². The zero-order valence-corrected chi connectivity index (χ0v) is 28.3. The number of benzene rings is 8. The van der Waals surface area contributed by atoms with E-state index in [9.17, 15) is 0 Å². The van der Waals surface area contributed by atoms with Crippen molar-refractivity contribution in [1.29, 1.82) is 0 Å². The Hall–Kier alpha value is -5.70. The van der Waals surface area contributed by atoms with Gasteiger partial charge in [0.2, 0.25) is 0 Å². The molecule has 9 aromatic rings. The van der Waals surface area contributed by atoms with Gasteiger partial charge in [0.15, 0.2) is 0 Å². The van der Waals surface area contributed by atoms with Gasteiger partial charge in [-0.25, -0.2) is 0 Å². The molecule has 0 saturated carbocycles. The van der Waals surface area contributed by atoms with Gasteiger partial charge in [0.1, 0.15) is 0 Å². The Kier molecular flexibility index (Phi) is 6.16. The third-order valence-corrected chi connectivity index (χ3v) is 11.8. The van der Waals surface area contributed by atoms with Crippen molar-refractivity contribution in [2.45, 2.75) is 19.3 Å². The van der Waals surface area contributed by atoms with E-state index in [1.807, 2.05) is 11.3 Å². The molecule has 2 heteroatoms. The van der Waals surface area contributed by atoms with E-state index in [1.54, 1.807) is 0 Å². The van der Waals surface area contributed by atoms with Crippen LogP contribution in [-0.4, -0.2) is 0 Å². The largest absolute Gasteiger partial charge is 0.310 e. The van der Waals surface area contributed by atoms with Gasteiger partial charge in [-0.2, -0.15) is 0 Å². The molecule has 0 N–H and O–H groups in total. The van der Waals surface area contributed by atoms with Crippen LogP contribution >= 0.6 is 11.3 Å². The molecule has 1 nitrogen and oxygen atoms in total. The van der Waals surface area contributed by atoms with Crippen LogP contribution in [0.3, 0.4) is 0 Å². The topological polar surface area (TPSA) is 3.24 Å². The average molecular weight is 644 g/mol. The summed E-state index contributed by atoms with van der Waals surface area (Å²) in [5.74, 6) is 0. The summed E-state index contributed by atoms with van der Waals surface area (Å²) in [5.41, 5.74) is 11.2. The molecule has 10 rings (SSSR count). The maximum absolute atomic E-state index is 2.48. The fourth-order valence-electron chi connectivity index (χ4n) is 8.23. The molecule has 0 unspecified atom stereocenters. The number of fused-ring (bicyclic) bond motifs is 10. The standard InChI is InChI=1S/C47H33NS/c1-47(2)41-17-9-6-15-36(41)37-27-25-34(29-42(37)47)48(43-18-10-7-14-35(43)30-12-4-3-5-13-30)33-24-22-31-20-21-32-23-26-39-38-16-8-11-19-44(38)49-46(39)45(32)40(31)28-33/h3-29H,1-2H3. The van der Waals surface area contributed by atoms with E-state index in [-0.39, 0.29) is 5.41 Å². The highest BCUT2D eigenvalue weighted by molar-refractivity contribution is 7.26. The summed E-state index contributed by atoms with van der Waals surface area (Å²) in [6.45, 7) is 4.73. The van der Waals surface area contributed by atoms with Crippen LogP contribution in [0.2, 0.25) is 0 Å². The van der Waals surface area contributed by atoms with Crippen LogP contribution in [0.15, 0.2) is 164 Å². The van der Waals surface area contributed by atoms with E-state index in [1.165, 1.54) is 75.1 Å². The molecule has 0 radical (unpaired) electrons. The van der Waals surface area contributed by atoms with Crippen molar-refractivity contribution in [3.8, 4) is 22.3 Å². The van der Waals surface area contributed by atoms with E-state index in [0.717, 1.165) is 17.1 Å². The third kappa shape index (κ3) is 4.24. The van der Waals surface area contributed by atoms with E-state index < -0.39 is 0 Å². The number of thiophene rings is 1. The second kappa shape index (κ2) is 10.7. The van der Waals surface area contributed by atoms with Gasteiger partial charge in [-0.05, 0) is 80.4 Å². The van der Waals surface area contributed by atoms with Gasteiger partial charge in [-0.3, -0.25) is 0 Å². The van der Waals surface area contributed by atoms with Gasteiger partial charge >= 0.3 is 0 Å². The van der Waals surface area contributed by atoms with Gasteiger partial charge in [0, 0.05) is 47.9 Å². The zero-order chi connectivity index (χ0) is 32.7. The minimum Gasteiger partial charge on any atom is -0.310 e. The second-order valence-corrected chi connectivity index (χ2v) is 14.8. The predicted molar refractivity (Wildman–Crippen MR) is 212 cm³/mol. The van der Waals surface area contributed by atoms with Gasteiger partial charge in [-0.1, -0.05) is 141 Å². The average Bonchev–Trinajstić information content (AvgIpc) is 3.64. The molecule has 0 amide bonds. The van der Waals surface area contributed by atoms with E-state index in [2.05, 4.69) is 183 Å². The third-order valence-electron chi connectivity index (χ3n) is 10.6. The van der Waals surface area contributed by atoms with Crippen molar-refractivity contribution in [3.63, 3.8) is 0 Å². The Bertz CT molecular complexity index is 2750. The SMILES string of the molecule is CC1(C)c2ccccc2-c2ccc(N(c3ccc4ccc5ccc6c7ccccc7sc6c5c4c3)c3ccccc3-c3ccccc3)cc21. The number of rotatable bonds is 4. The van der Waals surface area contributed by atoms with Gasteiger partial charge in [0.25, 0.3) is 0 Å². The Morgan fingerprint density at radius 3 is 2.02 bits per heavy atom. The van der Waals surface area contributed by atoms with Crippen molar-refractivity contribution in [1.82, 2.24) is 0 Å². The van der Waals surface area contributed by atoms with Crippen LogP contribution in [0, 0.1) is 0 Å². The molecule has 232 valence electrons. The molecule has 1 aliphatic rings. The van der Waals surface area contributed by atoms with E-state index in [0.29, 0.717) is 0 Å². The van der Waals surface area contributed by atoms with Crippen LogP contribution in [0.25, 0.3) is 64.0 Å². The lowest BCUT2D eigenvalue weighted by molar-refractivity contribution is 0.660. The lowest BCUT2D eigenvalue weighted by Crippen LogP contribution is -2.16. The molecule has 49 heavy (non-hydrogen) atoms. The molecule has 1 aliphatic carbocycles. The van der Waals surface area contributed by atoms with Gasteiger partial charge in [-0.15, -0.1) is 11.3 Å². The minimum atomic E-state index is -0.0983. The maximum atomic E-state index is 2.48.